The van der Waals surface area contributed by atoms with Gasteiger partial charge in [0.05, 0.1) is 18.2 Å². The van der Waals surface area contributed by atoms with E-state index >= 15 is 0 Å². The Bertz CT molecular complexity index is 475. The fraction of sp³-hybridized carbons (Fsp3) is 0.308. The molecule has 1 aromatic heterocycles. The fourth-order valence-electron chi connectivity index (χ4n) is 1.67. The molecule has 2 aromatic rings. The Balaban J connectivity index is 2.12. The second-order valence-electron chi connectivity index (χ2n) is 3.89. The third-order valence-electron chi connectivity index (χ3n) is 2.53. The fourth-order valence-corrected chi connectivity index (χ4v) is 2.75. The van der Waals surface area contributed by atoms with E-state index in [2.05, 4.69) is 22.0 Å². The van der Waals surface area contributed by atoms with E-state index in [1.165, 1.54) is 5.56 Å². The van der Waals surface area contributed by atoms with Crippen LogP contribution in [-0.2, 0) is 12.4 Å². The van der Waals surface area contributed by atoms with Crippen LogP contribution in [0.3, 0.4) is 0 Å². The van der Waals surface area contributed by atoms with Crippen LogP contribution in [0.4, 0.5) is 5.13 Å². The first kappa shape index (κ1) is 13.3. The summed E-state index contributed by atoms with van der Waals surface area (Å²) in [6.07, 6.45) is 0. The molecular weight excluding hydrogens is 268 g/mol. The first-order valence-electron chi connectivity index (χ1n) is 5.73. The average molecular weight is 283 g/mol. The van der Waals surface area contributed by atoms with Gasteiger partial charge in [0.1, 0.15) is 0 Å². The Kier molecular flexibility index (Phi) is 4.99. The Labute approximate surface area is 116 Å². The molecule has 0 aliphatic carbocycles. The lowest BCUT2D eigenvalue weighted by Crippen LogP contribution is -2.25. The summed E-state index contributed by atoms with van der Waals surface area (Å²) in [4.78, 5) is 6.51. The van der Waals surface area contributed by atoms with Gasteiger partial charge in [-0.2, -0.15) is 0 Å². The molecule has 0 aliphatic rings. The molecule has 1 heterocycles. The van der Waals surface area contributed by atoms with Crippen LogP contribution in [0.1, 0.15) is 11.3 Å². The minimum Gasteiger partial charge on any atom is -0.395 e. The highest BCUT2D eigenvalue weighted by Gasteiger charge is 2.11. The van der Waals surface area contributed by atoms with Gasteiger partial charge in [-0.25, -0.2) is 4.98 Å². The summed E-state index contributed by atoms with van der Waals surface area (Å²) in [5, 5.41) is 12.0. The van der Waals surface area contributed by atoms with Gasteiger partial charge in [0, 0.05) is 18.5 Å². The topological polar surface area (TPSA) is 36.4 Å². The first-order chi connectivity index (χ1) is 8.83. The molecule has 0 unspecified atom stereocenters. The van der Waals surface area contributed by atoms with Crippen LogP contribution >= 0.6 is 22.9 Å². The Morgan fingerprint density at radius 3 is 2.67 bits per heavy atom. The van der Waals surface area contributed by atoms with E-state index in [1.54, 1.807) is 11.3 Å². The molecular formula is C13H15ClN2OS. The predicted octanol–water partition coefficient (Wildman–Crippen LogP) is 2.88. The Morgan fingerprint density at radius 2 is 2.06 bits per heavy atom. The van der Waals surface area contributed by atoms with Crippen LogP contribution in [0.5, 0.6) is 0 Å². The number of nitrogens with zero attached hydrogens (tertiary/aromatic N) is 2. The van der Waals surface area contributed by atoms with Crippen molar-refractivity contribution in [2.24, 2.45) is 0 Å². The van der Waals surface area contributed by atoms with Crippen molar-refractivity contribution in [3.8, 4) is 0 Å². The van der Waals surface area contributed by atoms with E-state index in [4.69, 9.17) is 16.7 Å². The van der Waals surface area contributed by atoms with E-state index in [0.29, 0.717) is 12.4 Å². The molecule has 0 saturated carbocycles. The van der Waals surface area contributed by atoms with Gasteiger partial charge in [-0.15, -0.1) is 22.9 Å². The number of alkyl halides is 1. The van der Waals surface area contributed by atoms with Crippen molar-refractivity contribution in [2.45, 2.75) is 12.4 Å². The zero-order valence-corrected chi connectivity index (χ0v) is 11.5. The van der Waals surface area contributed by atoms with Crippen LogP contribution in [0.25, 0.3) is 0 Å². The van der Waals surface area contributed by atoms with Crippen LogP contribution < -0.4 is 4.90 Å². The van der Waals surface area contributed by atoms with Gasteiger partial charge in [0.2, 0.25) is 0 Å². The zero-order valence-electron chi connectivity index (χ0n) is 9.92. The number of benzene rings is 1. The number of hydrogen-bond acceptors (Lipinski definition) is 4. The molecule has 1 aromatic carbocycles. The van der Waals surface area contributed by atoms with Crippen molar-refractivity contribution in [2.75, 3.05) is 18.1 Å². The Morgan fingerprint density at radius 1 is 1.28 bits per heavy atom. The number of aliphatic hydroxyl groups is 1. The van der Waals surface area contributed by atoms with Gasteiger partial charge in [0.15, 0.2) is 5.13 Å². The summed E-state index contributed by atoms with van der Waals surface area (Å²) in [7, 11) is 0. The van der Waals surface area contributed by atoms with Gasteiger partial charge >= 0.3 is 0 Å². The lowest BCUT2D eigenvalue weighted by molar-refractivity contribution is 0.301. The lowest BCUT2D eigenvalue weighted by atomic mass is 10.2. The highest BCUT2D eigenvalue weighted by molar-refractivity contribution is 7.13. The molecule has 0 spiro atoms. The second-order valence-corrected chi connectivity index (χ2v) is 4.99. The summed E-state index contributed by atoms with van der Waals surface area (Å²) < 4.78 is 0. The molecule has 0 saturated heterocycles. The third-order valence-corrected chi connectivity index (χ3v) is 3.76. The van der Waals surface area contributed by atoms with Crippen LogP contribution in [0.2, 0.25) is 0 Å². The molecule has 0 aliphatic heterocycles. The van der Waals surface area contributed by atoms with Crippen molar-refractivity contribution in [3.05, 3.63) is 47.0 Å². The maximum atomic E-state index is 9.15. The van der Waals surface area contributed by atoms with Crippen molar-refractivity contribution in [1.29, 1.82) is 0 Å². The predicted molar refractivity (Wildman–Crippen MR) is 76.2 cm³/mol. The monoisotopic (exact) mass is 282 g/mol. The number of thiazole rings is 1. The highest BCUT2D eigenvalue weighted by Crippen LogP contribution is 2.23. The quantitative estimate of drug-likeness (QED) is 0.828. The van der Waals surface area contributed by atoms with E-state index in [1.807, 2.05) is 23.6 Å². The normalized spacial score (nSPS) is 10.6. The second kappa shape index (κ2) is 6.73. The molecule has 0 fully saturated rings. The molecule has 18 heavy (non-hydrogen) atoms. The van der Waals surface area contributed by atoms with Gasteiger partial charge in [-0.1, -0.05) is 30.3 Å². The number of halogens is 1. The molecule has 1 N–H and O–H groups in total. The number of aromatic nitrogens is 1. The zero-order chi connectivity index (χ0) is 12.8. The average Bonchev–Trinajstić information content (AvgIpc) is 2.88. The summed E-state index contributed by atoms with van der Waals surface area (Å²) in [5.74, 6) is 0.425. The van der Waals surface area contributed by atoms with E-state index in [-0.39, 0.29) is 6.61 Å². The molecule has 96 valence electrons. The van der Waals surface area contributed by atoms with Gasteiger partial charge in [-0.05, 0) is 5.56 Å². The Hall–Kier alpha value is -1.10. The minimum absolute atomic E-state index is 0.114. The summed E-state index contributed by atoms with van der Waals surface area (Å²) >= 11 is 7.32. The van der Waals surface area contributed by atoms with Gasteiger partial charge in [0.25, 0.3) is 0 Å². The molecule has 0 amide bonds. The first-order valence-corrected chi connectivity index (χ1v) is 7.15. The van der Waals surface area contributed by atoms with E-state index < -0.39 is 0 Å². The van der Waals surface area contributed by atoms with Crippen molar-refractivity contribution in [1.82, 2.24) is 4.98 Å². The lowest BCUT2D eigenvalue weighted by Gasteiger charge is -2.20. The van der Waals surface area contributed by atoms with Crippen molar-refractivity contribution < 1.29 is 5.11 Å². The maximum absolute atomic E-state index is 9.15. The SMILES string of the molecule is OCCN(Cc1ccccc1)c1nc(CCl)cs1. The number of rotatable bonds is 6. The molecule has 0 radical (unpaired) electrons. The summed E-state index contributed by atoms with van der Waals surface area (Å²) in [6.45, 7) is 1.43. The molecule has 5 heteroatoms. The minimum atomic E-state index is 0.114. The largest absolute Gasteiger partial charge is 0.395 e. The van der Waals surface area contributed by atoms with Gasteiger partial charge < -0.3 is 10.0 Å². The molecule has 3 nitrogen and oxygen atoms in total. The van der Waals surface area contributed by atoms with Crippen molar-refractivity contribution >= 4 is 28.1 Å². The van der Waals surface area contributed by atoms with Gasteiger partial charge in [-0.3, -0.25) is 0 Å². The van der Waals surface area contributed by atoms with E-state index in [0.717, 1.165) is 17.4 Å². The third kappa shape index (κ3) is 3.45. The van der Waals surface area contributed by atoms with Crippen LogP contribution in [0, 0.1) is 0 Å². The standard InChI is InChI=1S/C13H15ClN2OS/c14-8-12-10-18-13(15-12)16(6-7-17)9-11-4-2-1-3-5-11/h1-5,10,17H,6-9H2. The van der Waals surface area contributed by atoms with Crippen LogP contribution in [-0.4, -0.2) is 23.2 Å². The molecule has 0 bridgehead atoms. The smallest absolute Gasteiger partial charge is 0.185 e. The van der Waals surface area contributed by atoms with Crippen LogP contribution in [0.15, 0.2) is 35.7 Å². The number of anilines is 1. The summed E-state index contributed by atoms with van der Waals surface area (Å²) in [5.41, 5.74) is 2.08. The maximum Gasteiger partial charge on any atom is 0.185 e. The molecule has 2 rings (SSSR count). The number of hydrogen-bond donors (Lipinski definition) is 1. The summed E-state index contributed by atoms with van der Waals surface area (Å²) in [6, 6.07) is 10.2. The molecule has 0 atom stereocenters. The highest BCUT2D eigenvalue weighted by atomic mass is 35.5. The number of aliphatic hydroxyl groups excluding tert-OH is 1. The van der Waals surface area contributed by atoms with E-state index in [9.17, 15) is 0 Å². The van der Waals surface area contributed by atoms with Crippen molar-refractivity contribution in [3.63, 3.8) is 0 Å².